The molecule has 0 saturated heterocycles. The summed E-state index contributed by atoms with van der Waals surface area (Å²) in [6, 6.07) is 12.3. The molecule has 0 bridgehead atoms. The van der Waals surface area contributed by atoms with E-state index in [4.69, 9.17) is 32.7 Å². The number of hydrogen-bond acceptors (Lipinski definition) is 3. The molecule has 2 aromatic rings. The summed E-state index contributed by atoms with van der Waals surface area (Å²) in [5.74, 6) is 1.15. The van der Waals surface area contributed by atoms with E-state index in [1.165, 1.54) is 0 Å². The second-order valence-electron chi connectivity index (χ2n) is 4.74. The number of carbonyl (C=O) groups is 1. The Kier molecular flexibility index (Phi) is 4.04. The third-order valence-corrected chi connectivity index (χ3v) is 3.84. The summed E-state index contributed by atoms with van der Waals surface area (Å²) in [6.07, 6.45) is -0.467. The first-order valence-corrected chi connectivity index (χ1v) is 7.24. The molecule has 0 fully saturated rings. The molecule has 21 heavy (non-hydrogen) atoms. The van der Waals surface area contributed by atoms with Gasteiger partial charge in [0.25, 0.3) is 0 Å². The van der Waals surface area contributed by atoms with Crippen LogP contribution in [-0.4, -0.2) is 18.5 Å². The highest BCUT2D eigenvalue weighted by molar-refractivity contribution is 6.33. The lowest BCUT2D eigenvalue weighted by Gasteiger charge is -2.25. The van der Waals surface area contributed by atoms with E-state index < -0.39 is 6.10 Å². The summed E-state index contributed by atoms with van der Waals surface area (Å²) in [5, 5.41) is 1.07. The van der Waals surface area contributed by atoms with Gasteiger partial charge in [0.1, 0.15) is 6.61 Å². The number of benzene rings is 2. The Hall–Kier alpha value is -1.71. The number of para-hydroxylation sites is 2. The number of halogens is 2. The maximum absolute atomic E-state index is 12.3. The first-order valence-electron chi connectivity index (χ1n) is 6.48. The average molecular weight is 323 g/mol. The highest BCUT2D eigenvalue weighted by Gasteiger charge is 2.27. The maximum atomic E-state index is 12.3. The topological polar surface area (TPSA) is 35.5 Å². The van der Waals surface area contributed by atoms with Crippen molar-refractivity contribution in [1.82, 2.24) is 0 Å². The van der Waals surface area contributed by atoms with E-state index in [2.05, 4.69) is 0 Å². The fourth-order valence-corrected chi connectivity index (χ4v) is 2.54. The van der Waals surface area contributed by atoms with Crippen LogP contribution in [0, 0.1) is 0 Å². The van der Waals surface area contributed by atoms with E-state index in [9.17, 15) is 4.79 Å². The Balaban J connectivity index is 1.74. The standard InChI is InChI=1S/C16H12Cl2O3/c17-11-5-6-12(18)10(7-11)8-13(19)16-9-20-14-3-1-2-4-15(14)21-16/h1-7,16H,8-9H2. The summed E-state index contributed by atoms with van der Waals surface area (Å²) in [6.45, 7) is 0.202. The lowest BCUT2D eigenvalue weighted by molar-refractivity contribution is -0.127. The molecule has 1 atom stereocenters. The predicted molar refractivity (Wildman–Crippen MR) is 81.5 cm³/mol. The molecule has 0 spiro atoms. The molecule has 1 aliphatic heterocycles. The molecule has 5 heteroatoms. The van der Waals surface area contributed by atoms with Gasteiger partial charge < -0.3 is 9.47 Å². The van der Waals surface area contributed by atoms with E-state index in [-0.39, 0.29) is 18.8 Å². The summed E-state index contributed by atoms with van der Waals surface area (Å²) in [5.41, 5.74) is 0.691. The molecule has 2 aromatic carbocycles. The van der Waals surface area contributed by atoms with Gasteiger partial charge >= 0.3 is 0 Å². The largest absolute Gasteiger partial charge is 0.485 e. The molecule has 1 unspecified atom stereocenters. The first kappa shape index (κ1) is 14.2. The summed E-state index contributed by atoms with van der Waals surface area (Å²) >= 11 is 12.0. The normalized spacial score (nSPS) is 16.6. The van der Waals surface area contributed by atoms with E-state index >= 15 is 0 Å². The van der Waals surface area contributed by atoms with Crippen molar-refractivity contribution in [1.29, 1.82) is 0 Å². The highest BCUT2D eigenvalue weighted by atomic mass is 35.5. The molecule has 0 radical (unpaired) electrons. The molecule has 1 heterocycles. The average Bonchev–Trinajstić information content (AvgIpc) is 2.50. The third-order valence-electron chi connectivity index (χ3n) is 3.24. The Morgan fingerprint density at radius 3 is 2.71 bits per heavy atom. The Labute approximate surface area is 132 Å². The van der Waals surface area contributed by atoms with E-state index in [0.29, 0.717) is 27.1 Å². The number of Topliss-reactive ketones (excluding diaryl/α,β-unsaturated/α-hetero) is 1. The molecule has 108 valence electrons. The van der Waals surface area contributed by atoms with Crippen LogP contribution in [0.4, 0.5) is 0 Å². The zero-order chi connectivity index (χ0) is 14.8. The summed E-state index contributed by atoms with van der Waals surface area (Å²) in [7, 11) is 0. The van der Waals surface area contributed by atoms with E-state index in [0.717, 1.165) is 0 Å². The molecule has 3 nitrogen and oxygen atoms in total. The van der Waals surface area contributed by atoms with Gasteiger partial charge in [-0.1, -0.05) is 35.3 Å². The summed E-state index contributed by atoms with van der Waals surface area (Å²) < 4.78 is 11.2. The van der Waals surface area contributed by atoms with Crippen LogP contribution in [0.5, 0.6) is 11.5 Å². The van der Waals surface area contributed by atoms with Crippen LogP contribution in [0.3, 0.4) is 0 Å². The van der Waals surface area contributed by atoms with Crippen LogP contribution in [0.2, 0.25) is 10.0 Å². The minimum atomic E-state index is -0.630. The number of rotatable bonds is 3. The fourth-order valence-electron chi connectivity index (χ4n) is 2.16. The lowest BCUT2D eigenvalue weighted by Crippen LogP contribution is -2.37. The van der Waals surface area contributed by atoms with Crippen molar-refractivity contribution in [2.75, 3.05) is 6.61 Å². The van der Waals surface area contributed by atoms with Crippen molar-refractivity contribution in [3.8, 4) is 11.5 Å². The highest BCUT2D eigenvalue weighted by Crippen LogP contribution is 2.31. The van der Waals surface area contributed by atoms with E-state index in [1.54, 1.807) is 24.3 Å². The monoisotopic (exact) mass is 322 g/mol. The van der Waals surface area contributed by atoms with Gasteiger partial charge in [-0.05, 0) is 35.9 Å². The number of carbonyl (C=O) groups excluding carboxylic acids is 1. The second-order valence-corrected chi connectivity index (χ2v) is 5.59. The minimum absolute atomic E-state index is 0.0892. The molecular formula is C16H12Cl2O3. The fraction of sp³-hybridized carbons (Fsp3) is 0.188. The SMILES string of the molecule is O=C(Cc1cc(Cl)ccc1Cl)C1COc2ccccc2O1. The zero-order valence-electron chi connectivity index (χ0n) is 11.0. The minimum Gasteiger partial charge on any atom is -0.485 e. The first-order chi connectivity index (χ1) is 10.1. The zero-order valence-corrected chi connectivity index (χ0v) is 12.5. The van der Waals surface area contributed by atoms with Gasteiger partial charge in [0.15, 0.2) is 23.4 Å². The quantitative estimate of drug-likeness (QED) is 0.858. The van der Waals surface area contributed by atoms with Crippen molar-refractivity contribution in [2.45, 2.75) is 12.5 Å². The third kappa shape index (κ3) is 3.14. The van der Waals surface area contributed by atoms with Gasteiger partial charge in [-0.15, -0.1) is 0 Å². The van der Waals surface area contributed by atoms with Crippen molar-refractivity contribution in [3.63, 3.8) is 0 Å². The van der Waals surface area contributed by atoms with Crippen LogP contribution in [0.25, 0.3) is 0 Å². The molecule has 0 aromatic heterocycles. The second kappa shape index (κ2) is 5.96. The number of ether oxygens (including phenoxy) is 2. The molecule has 0 saturated carbocycles. The van der Waals surface area contributed by atoms with Crippen molar-refractivity contribution in [2.24, 2.45) is 0 Å². The smallest absolute Gasteiger partial charge is 0.191 e. The van der Waals surface area contributed by atoms with Crippen LogP contribution in [-0.2, 0) is 11.2 Å². The predicted octanol–water partition coefficient (Wildman–Crippen LogP) is 3.95. The van der Waals surface area contributed by atoms with Crippen molar-refractivity contribution < 1.29 is 14.3 Å². The Bertz CT molecular complexity index is 685. The van der Waals surface area contributed by atoms with Crippen LogP contribution >= 0.6 is 23.2 Å². The van der Waals surface area contributed by atoms with Gasteiger partial charge in [-0.3, -0.25) is 4.79 Å². The van der Waals surface area contributed by atoms with Crippen LogP contribution < -0.4 is 9.47 Å². The Morgan fingerprint density at radius 2 is 1.90 bits per heavy atom. The number of fused-ring (bicyclic) bond motifs is 1. The van der Waals surface area contributed by atoms with Gasteiger partial charge in [0.05, 0.1) is 0 Å². The van der Waals surface area contributed by atoms with Crippen molar-refractivity contribution >= 4 is 29.0 Å². The number of ketones is 1. The molecular weight excluding hydrogens is 311 g/mol. The van der Waals surface area contributed by atoms with Crippen LogP contribution in [0.1, 0.15) is 5.56 Å². The van der Waals surface area contributed by atoms with E-state index in [1.807, 2.05) is 18.2 Å². The molecule has 0 amide bonds. The van der Waals surface area contributed by atoms with Crippen molar-refractivity contribution in [3.05, 3.63) is 58.1 Å². The van der Waals surface area contributed by atoms with Gasteiger partial charge in [-0.25, -0.2) is 0 Å². The lowest BCUT2D eigenvalue weighted by atomic mass is 10.1. The van der Waals surface area contributed by atoms with Gasteiger partial charge in [0, 0.05) is 16.5 Å². The Morgan fingerprint density at radius 1 is 1.14 bits per heavy atom. The van der Waals surface area contributed by atoms with Gasteiger partial charge in [-0.2, -0.15) is 0 Å². The number of hydrogen-bond donors (Lipinski definition) is 0. The van der Waals surface area contributed by atoms with Crippen LogP contribution in [0.15, 0.2) is 42.5 Å². The molecule has 0 aliphatic carbocycles. The molecule has 3 rings (SSSR count). The molecule has 1 aliphatic rings. The summed E-state index contributed by atoms with van der Waals surface area (Å²) in [4.78, 5) is 12.3. The maximum Gasteiger partial charge on any atom is 0.191 e. The van der Waals surface area contributed by atoms with Gasteiger partial charge in [0.2, 0.25) is 0 Å². The molecule has 0 N–H and O–H groups in total.